The van der Waals surface area contributed by atoms with Gasteiger partial charge in [0.2, 0.25) is 0 Å². The van der Waals surface area contributed by atoms with Gasteiger partial charge in [0.15, 0.2) is 15.6 Å². The molecular formula is C16H22O3S. The van der Waals surface area contributed by atoms with Gasteiger partial charge >= 0.3 is 0 Å². The average molecular weight is 294 g/mol. The van der Waals surface area contributed by atoms with Crippen LogP contribution >= 0.6 is 0 Å². The number of rotatable bonds is 5. The fraction of sp³-hybridized carbons (Fsp3) is 0.562. The lowest BCUT2D eigenvalue weighted by Crippen LogP contribution is -2.40. The molecule has 0 bridgehead atoms. The minimum absolute atomic E-state index is 0.0126. The number of ketones is 1. The van der Waals surface area contributed by atoms with Gasteiger partial charge in [-0.05, 0) is 37.3 Å². The lowest BCUT2D eigenvalue weighted by atomic mass is 9.84. The van der Waals surface area contributed by atoms with E-state index in [1.54, 1.807) is 30.3 Å². The molecule has 3 nitrogen and oxygen atoms in total. The van der Waals surface area contributed by atoms with E-state index >= 15 is 0 Å². The van der Waals surface area contributed by atoms with Crippen molar-refractivity contribution in [1.82, 2.24) is 0 Å². The van der Waals surface area contributed by atoms with Crippen LogP contribution in [-0.4, -0.2) is 19.5 Å². The summed E-state index contributed by atoms with van der Waals surface area (Å²) in [4.78, 5) is 12.5. The van der Waals surface area contributed by atoms with Gasteiger partial charge in [0, 0.05) is 6.42 Å². The zero-order chi connectivity index (χ0) is 14.6. The van der Waals surface area contributed by atoms with Crippen LogP contribution in [-0.2, 0) is 14.6 Å². The van der Waals surface area contributed by atoms with Gasteiger partial charge in [0.1, 0.15) is 5.25 Å². The van der Waals surface area contributed by atoms with Crippen LogP contribution < -0.4 is 0 Å². The Balaban J connectivity index is 2.32. The lowest BCUT2D eigenvalue weighted by Gasteiger charge is -2.30. The third-order valence-electron chi connectivity index (χ3n) is 4.08. The molecule has 1 aliphatic carbocycles. The normalized spacial score (nSPS) is 23.8. The monoisotopic (exact) mass is 294 g/mol. The van der Waals surface area contributed by atoms with Crippen LogP contribution in [0.2, 0.25) is 0 Å². The van der Waals surface area contributed by atoms with Crippen molar-refractivity contribution < 1.29 is 13.2 Å². The molecular weight excluding hydrogens is 272 g/mol. The van der Waals surface area contributed by atoms with E-state index in [9.17, 15) is 13.2 Å². The first-order valence-electron chi connectivity index (χ1n) is 7.39. The number of Topliss-reactive ketones (excluding diaryl/α,β-unsaturated/α-hetero) is 1. The summed E-state index contributed by atoms with van der Waals surface area (Å²) in [5.74, 6) is -0.109. The molecule has 20 heavy (non-hydrogen) atoms. The topological polar surface area (TPSA) is 51.2 Å². The maximum atomic E-state index is 12.8. The van der Waals surface area contributed by atoms with Gasteiger partial charge in [-0.15, -0.1) is 0 Å². The summed E-state index contributed by atoms with van der Waals surface area (Å²) in [6.07, 6.45) is 4.93. The van der Waals surface area contributed by atoms with Crippen molar-refractivity contribution in [2.45, 2.75) is 55.6 Å². The zero-order valence-corrected chi connectivity index (χ0v) is 12.7. The van der Waals surface area contributed by atoms with Crippen molar-refractivity contribution >= 4 is 15.6 Å². The second-order valence-electron chi connectivity index (χ2n) is 5.54. The maximum absolute atomic E-state index is 12.8. The highest BCUT2D eigenvalue weighted by Crippen LogP contribution is 2.34. The Bertz CT molecular complexity index is 548. The zero-order valence-electron chi connectivity index (χ0n) is 11.9. The van der Waals surface area contributed by atoms with Crippen LogP contribution in [0.1, 0.15) is 45.4 Å². The van der Waals surface area contributed by atoms with E-state index in [1.165, 1.54) is 0 Å². The molecule has 0 N–H and O–H groups in total. The van der Waals surface area contributed by atoms with E-state index in [0.29, 0.717) is 6.42 Å². The fourth-order valence-electron chi connectivity index (χ4n) is 3.04. The molecule has 0 saturated heterocycles. The molecule has 0 heterocycles. The maximum Gasteiger partial charge on any atom is 0.188 e. The van der Waals surface area contributed by atoms with E-state index in [-0.39, 0.29) is 16.6 Å². The number of carbonyl (C=O) groups excluding carboxylic acids is 1. The van der Waals surface area contributed by atoms with Crippen LogP contribution in [0.25, 0.3) is 0 Å². The van der Waals surface area contributed by atoms with Gasteiger partial charge in [0.25, 0.3) is 0 Å². The summed E-state index contributed by atoms with van der Waals surface area (Å²) in [7, 11) is -3.54. The highest BCUT2D eigenvalue weighted by Gasteiger charge is 2.41. The molecule has 0 amide bonds. The van der Waals surface area contributed by atoms with E-state index in [2.05, 4.69) is 6.92 Å². The minimum atomic E-state index is -3.54. The molecule has 1 saturated carbocycles. The SMILES string of the molecule is CCCC[C@H]1CCCC(=O)[C@@H]1S(=O)(=O)c1ccccc1. The van der Waals surface area contributed by atoms with Crippen LogP contribution in [0.5, 0.6) is 0 Å². The Morgan fingerprint density at radius 2 is 1.90 bits per heavy atom. The predicted molar refractivity (Wildman–Crippen MR) is 79.3 cm³/mol. The minimum Gasteiger partial charge on any atom is -0.298 e. The predicted octanol–water partition coefficient (Wildman–Crippen LogP) is 3.39. The number of benzene rings is 1. The summed E-state index contributed by atoms with van der Waals surface area (Å²) < 4.78 is 25.5. The van der Waals surface area contributed by atoms with Gasteiger partial charge in [-0.2, -0.15) is 0 Å². The number of hydrogen-bond donors (Lipinski definition) is 0. The molecule has 4 heteroatoms. The summed E-state index contributed by atoms with van der Waals surface area (Å²) >= 11 is 0. The number of hydrogen-bond acceptors (Lipinski definition) is 3. The van der Waals surface area contributed by atoms with Crippen molar-refractivity contribution in [2.75, 3.05) is 0 Å². The summed E-state index contributed by atoms with van der Waals surface area (Å²) in [6, 6.07) is 8.39. The molecule has 0 radical (unpaired) electrons. The Labute approximate surface area is 121 Å². The van der Waals surface area contributed by atoms with Crippen LogP contribution in [0.15, 0.2) is 35.2 Å². The quantitative estimate of drug-likeness (QED) is 0.836. The Morgan fingerprint density at radius 1 is 1.20 bits per heavy atom. The standard InChI is InChI=1S/C16H22O3S/c1-2-3-8-13-9-7-12-15(17)16(13)20(18,19)14-10-5-4-6-11-14/h4-6,10-11,13,16H,2-3,7-9,12H2,1H3/t13-,16+/m0/s1. The van der Waals surface area contributed by atoms with Gasteiger partial charge in [0.05, 0.1) is 4.90 Å². The summed E-state index contributed by atoms with van der Waals surface area (Å²) in [6.45, 7) is 2.09. The van der Waals surface area contributed by atoms with E-state index in [1.807, 2.05) is 0 Å². The van der Waals surface area contributed by atoms with Crippen molar-refractivity contribution in [2.24, 2.45) is 5.92 Å². The molecule has 1 aromatic carbocycles. The van der Waals surface area contributed by atoms with Crippen molar-refractivity contribution in [3.05, 3.63) is 30.3 Å². The second-order valence-corrected chi connectivity index (χ2v) is 7.61. The molecule has 0 aliphatic heterocycles. The van der Waals surface area contributed by atoms with Gasteiger partial charge in [-0.25, -0.2) is 8.42 Å². The van der Waals surface area contributed by atoms with Crippen molar-refractivity contribution in [3.8, 4) is 0 Å². The lowest BCUT2D eigenvalue weighted by molar-refractivity contribution is -0.121. The molecule has 2 atom stereocenters. The van der Waals surface area contributed by atoms with Crippen molar-refractivity contribution in [1.29, 1.82) is 0 Å². The third kappa shape index (κ3) is 3.11. The Kier molecular flexibility index (Phi) is 4.97. The average Bonchev–Trinajstić information content (AvgIpc) is 2.45. The summed E-state index contributed by atoms with van der Waals surface area (Å²) in [5, 5.41) is -0.829. The van der Waals surface area contributed by atoms with Crippen LogP contribution in [0.3, 0.4) is 0 Å². The molecule has 0 spiro atoms. The number of sulfone groups is 1. The third-order valence-corrected chi connectivity index (χ3v) is 6.32. The van der Waals surface area contributed by atoms with Gasteiger partial charge < -0.3 is 0 Å². The van der Waals surface area contributed by atoms with E-state index < -0.39 is 15.1 Å². The van der Waals surface area contributed by atoms with Crippen LogP contribution in [0, 0.1) is 5.92 Å². The largest absolute Gasteiger partial charge is 0.298 e. The number of carbonyl (C=O) groups is 1. The molecule has 0 unspecified atom stereocenters. The molecule has 2 rings (SSSR count). The molecule has 1 aliphatic rings. The first-order valence-corrected chi connectivity index (χ1v) is 8.93. The van der Waals surface area contributed by atoms with E-state index in [4.69, 9.17) is 0 Å². The Morgan fingerprint density at radius 3 is 2.55 bits per heavy atom. The number of unbranched alkanes of at least 4 members (excludes halogenated alkanes) is 1. The second kappa shape index (κ2) is 6.53. The van der Waals surface area contributed by atoms with Gasteiger partial charge in [-0.3, -0.25) is 4.79 Å². The fourth-order valence-corrected chi connectivity index (χ4v) is 5.11. The molecule has 0 aromatic heterocycles. The highest BCUT2D eigenvalue weighted by atomic mass is 32.2. The van der Waals surface area contributed by atoms with Gasteiger partial charge in [-0.1, -0.05) is 38.0 Å². The van der Waals surface area contributed by atoms with Crippen molar-refractivity contribution in [3.63, 3.8) is 0 Å². The first-order chi connectivity index (χ1) is 9.57. The van der Waals surface area contributed by atoms with E-state index in [0.717, 1.165) is 32.1 Å². The highest BCUT2D eigenvalue weighted by molar-refractivity contribution is 7.92. The summed E-state index contributed by atoms with van der Waals surface area (Å²) in [5.41, 5.74) is 0. The molecule has 110 valence electrons. The smallest absolute Gasteiger partial charge is 0.188 e. The molecule has 1 aromatic rings. The van der Waals surface area contributed by atoms with Crippen LogP contribution in [0.4, 0.5) is 0 Å². The first kappa shape index (κ1) is 15.2. The molecule has 1 fully saturated rings. The Hall–Kier alpha value is -1.16.